The van der Waals surface area contributed by atoms with Gasteiger partial charge in [0.15, 0.2) is 5.69 Å². The monoisotopic (exact) mass is 289 g/mol. The fraction of sp³-hybridized carbons (Fsp3) is 0.692. The van der Waals surface area contributed by atoms with Gasteiger partial charge in [0, 0.05) is 19.3 Å². The molecule has 1 fully saturated rings. The van der Waals surface area contributed by atoms with Gasteiger partial charge in [0.2, 0.25) is 0 Å². The third kappa shape index (κ3) is 3.32. The molecular formula is C13H18F3N3O. The molecule has 0 radical (unpaired) electrons. The Morgan fingerprint density at radius 3 is 2.50 bits per heavy atom. The van der Waals surface area contributed by atoms with E-state index >= 15 is 0 Å². The Morgan fingerprint density at radius 1 is 1.35 bits per heavy atom. The number of halogens is 3. The van der Waals surface area contributed by atoms with Crippen LogP contribution in [0.5, 0.6) is 0 Å². The standard InChI is InChI=1S/C13H18F3N3O/c1-8-3-5-9(6-4-8)17-12(20)10-7-19(2)18-11(10)13(14,15)16/h7-9H,3-6H2,1-2H3,(H,17,20)/t8-,9+. The summed E-state index contributed by atoms with van der Waals surface area (Å²) in [5.74, 6) is -0.0720. The molecular weight excluding hydrogens is 271 g/mol. The van der Waals surface area contributed by atoms with Crippen LogP contribution >= 0.6 is 0 Å². The van der Waals surface area contributed by atoms with E-state index in [9.17, 15) is 18.0 Å². The number of hydrogen-bond acceptors (Lipinski definition) is 2. The van der Waals surface area contributed by atoms with Gasteiger partial charge in [-0.05, 0) is 31.6 Å². The smallest absolute Gasteiger partial charge is 0.349 e. The SMILES string of the molecule is Cn1cc(C(=O)N[C@H]2CC[C@@H](C)CC2)c(C(F)(F)F)n1. The highest BCUT2D eigenvalue weighted by Gasteiger charge is 2.39. The van der Waals surface area contributed by atoms with Gasteiger partial charge in [-0.15, -0.1) is 0 Å². The molecule has 1 aromatic heterocycles. The Bertz CT molecular complexity index is 488. The van der Waals surface area contributed by atoms with Gasteiger partial charge in [0.1, 0.15) is 0 Å². The average molecular weight is 289 g/mol. The normalized spacial score (nSPS) is 23.6. The number of amides is 1. The minimum absolute atomic E-state index is 0.0417. The lowest BCUT2D eigenvalue weighted by Gasteiger charge is -2.26. The molecule has 0 unspecified atom stereocenters. The molecule has 1 heterocycles. The summed E-state index contributed by atoms with van der Waals surface area (Å²) < 4.78 is 39.4. The van der Waals surface area contributed by atoms with E-state index in [-0.39, 0.29) is 6.04 Å². The number of carbonyl (C=O) groups is 1. The molecule has 20 heavy (non-hydrogen) atoms. The summed E-state index contributed by atoms with van der Waals surface area (Å²) in [6, 6.07) is -0.0417. The molecule has 0 spiro atoms. The summed E-state index contributed by atoms with van der Waals surface area (Å²) in [5, 5.41) is 6.03. The predicted octanol–water partition coefficient (Wildman–Crippen LogP) is 2.75. The number of aryl methyl sites for hydroxylation is 1. The van der Waals surface area contributed by atoms with Crippen LogP contribution in [0, 0.1) is 5.92 Å². The third-order valence-electron chi connectivity index (χ3n) is 3.69. The highest BCUT2D eigenvalue weighted by atomic mass is 19.4. The minimum Gasteiger partial charge on any atom is -0.349 e. The van der Waals surface area contributed by atoms with Crippen molar-refractivity contribution in [2.75, 3.05) is 0 Å². The van der Waals surface area contributed by atoms with Crippen LogP contribution in [-0.4, -0.2) is 21.7 Å². The zero-order chi connectivity index (χ0) is 14.9. The minimum atomic E-state index is -4.62. The van der Waals surface area contributed by atoms with Crippen LogP contribution in [-0.2, 0) is 13.2 Å². The predicted molar refractivity (Wildman–Crippen MR) is 67.1 cm³/mol. The van der Waals surface area contributed by atoms with Crippen molar-refractivity contribution < 1.29 is 18.0 Å². The first-order valence-electron chi connectivity index (χ1n) is 6.69. The van der Waals surface area contributed by atoms with Crippen LogP contribution in [0.3, 0.4) is 0 Å². The van der Waals surface area contributed by atoms with E-state index < -0.39 is 23.3 Å². The average Bonchev–Trinajstić information content (AvgIpc) is 2.74. The molecule has 0 atom stereocenters. The lowest BCUT2D eigenvalue weighted by Crippen LogP contribution is -2.38. The Kier molecular flexibility index (Phi) is 4.06. The molecule has 1 saturated carbocycles. The van der Waals surface area contributed by atoms with Crippen LogP contribution in [0.1, 0.15) is 48.7 Å². The van der Waals surface area contributed by atoms with Gasteiger partial charge in [-0.25, -0.2) is 0 Å². The number of alkyl halides is 3. The highest BCUT2D eigenvalue weighted by Crippen LogP contribution is 2.31. The van der Waals surface area contributed by atoms with Crippen molar-refractivity contribution in [2.24, 2.45) is 13.0 Å². The van der Waals surface area contributed by atoms with E-state index in [0.717, 1.165) is 36.6 Å². The van der Waals surface area contributed by atoms with Crippen LogP contribution in [0.25, 0.3) is 0 Å². The summed E-state index contributed by atoms with van der Waals surface area (Å²) in [6.07, 6.45) is 0.107. The Balaban J connectivity index is 2.10. The number of aromatic nitrogens is 2. The highest BCUT2D eigenvalue weighted by molar-refractivity contribution is 5.95. The summed E-state index contributed by atoms with van der Waals surface area (Å²) in [6.45, 7) is 2.14. The molecule has 0 saturated heterocycles. The first-order chi connectivity index (χ1) is 9.27. The van der Waals surface area contributed by atoms with Gasteiger partial charge in [0.05, 0.1) is 5.56 Å². The zero-order valence-electron chi connectivity index (χ0n) is 11.5. The lowest BCUT2D eigenvalue weighted by atomic mass is 9.87. The van der Waals surface area contributed by atoms with Gasteiger partial charge in [0.25, 0.3) is 5.91 Å². The van der Waals surface area contributed by atoms with Crippen molar-refractivity contribution in [2.45, 2.75) is 44.8 Å². The van der Waals surface area contributed by atoms with Crippen molar-refractivity contribution in [3.8, 4) is 0 Å². The maximum absolute atomic E-state index is 12.8. The zero-order valence-corrected chi connectivity index (χ0v) is 11.5. The van der Waals surface area contributed by atoms with E-state index in [2.05, 4.69) is 17.3 Å². The van der Waals surface area contributed by atoms with Crippen molar-refractivity contribution in [3.05, 3.63) is 17.5 Å². The summed E-state index contributed by atoms with van der Waals surface area (Å²) >= 11 is 0. The Morgan fingerprint density at radius 2 is 1.95 bits per heavy atom. The quantitative estimate of drug-likeness (QED) is 0.910. The number of carbonyl (C=O) groups excluding carboxylic acids is 1. The molecule has 7 heteroatoms. The molecule has 1 aliphatic rings. The van der Waals surface area contributed by atoms with E-state index in [1.54, 1.807) is 0 Å². The second-order valence-electron chi connectivity index (χ2n) is 5.49. The largest absolute Gasteiger partial charge is 0.435 e. The lowest BCUT2D eigenvalue weighted by molar-refractivity contribution is -0.141. The fourth-order valence-electron chi connectivity index (χ4n) is 2.53. The van der Waals surface area contributed by atoms with Crippen molar-refractivity contribution in [1.29, 1.82) is 0 Å². The van der Waals surface area contributed by atoms with Crippen LogP contribution in [0.15, 0.2) is 6.20 Å². The molecule has 4 nitrogen and oxygen atoms in total. The van der Waals surface area contributed by atoms with Crippen molar-refractivity contribution >= 4 is 5.91 Å². The van der Waals surface area contributed by atoms with E-state index in [4.69, 9.17) is 0 Å². The van der Waals surface area contributed by atoms with E-state index in [1.165, 1.54) is 7.05 Å². The van der Waals surface area contributed by atoms with Gasteiger partial charge < -0.3 is 5.32 Å². The Labute approximate surface area is 115 Å². The molecule has 112 valence electrons. The molecule has 2 rings (SSSR count). The number of hydrogen-bond donors (Lipinski definition) is 1. The van der Waals surface area contributed by atoms with Crippen molar-refractivity contribution in [3.63, 3.8) is 0 Å². The summed E-state index contributed by atoms with van der Waals surface area (Å²) in [7, 11) is 1.37. The second-order valence-corrected chi connectivity index (χ2v) is 5.49. The number of rotatable bonds is 2. The number of nitrogens with one attached hydrogen (secondary N) is 1. The van der Waals surface area contributed by atoms with E-state index in [0.29, 0.717) is 5.92 Å². The van der Waals surface area contributed by atoms with Crippen LogP contribution < -0.4 is 5.32 Å². The van der Waals surface area contributed by atoms with E-state index in [1.807, 2.05) is 0 Å². The first kappa shape index (κ1) is 14.9. The molecule has 0 bridgehead atoms. The topological polar surface area (TPSA) is 46.9 Å². The van der Waals surface area contributed by atoms with Crippen molar-refractivity contribution in [1.82, 2.24) is 15.1 Å². The fourth-order valence-corrected chi connectivity index (χ4v) is 2.53. The maximum atomic E-state index is 12.8. The second kappa shape index (κ2) is 5.46. The molecule has 0 aliphatic heterocycles. The Hall–Kier alpha value is -1.53. The van der Waals surface area contributed by atoms with Gasteiger partial charge in [-0.3, -0.25) is 9.48 Å². The molecule has 1 N–H and O–H groups in total. The van der Waals surface area contributed by atoms with Gasteiger partial charge >= 0.3 is 6.18 Å². The molecule has 1 amide bonds. The maximum Gasteiger partial charge on any atom is 0.435 e. The van der Waals surface area contributed by atoms with Gasteiger partial charge in [-0.1, -0.05) is 6.92 Å². The van der Waals surface area contributed by atoms with Crippen LogP contribution in [0.4, 0.5) is 13.2 Å². The summed E-state index contributed by atoms with van der Waals surface area (Å²) in [4.78, 5) is 12.0. The number of nitrogens with zero attached hydrogens (tertiary/aromatic N) is 2. The third-order valence-corrected chi connectivity index (χ3v) is 3.69. The molecule has 1 aliphatic carbocycles. The molecule has 0 aromatic carbocycles. The molecule has 1 aromatic rings. The first-order valence-corrected chi connectivity index (χ1v) is 6.69. The summed E-state index contributed by atoms with van der Waals surface area (Å²) in [5.41, 5.74) is -1.53. The van der Waals surface area contributed by atoms with Gasteiger partial charge in [-0.2, -0.15) is 18.3 Å². The van der Waals surface area contributed by atoms with Crippen LogP contribution in [0.2, 0.25) is 0 Å².